The van der Waals surface area contributed by atoms with Gasteiger partial charge in [-0.2, -0.15) is 0 Å². The molecule has 1 aromatic heterocycles. The van der Waals surface area contributed by atoms with Gasteiger partial charge in [0, 0.05) is 0 Å². The fourth-order valence-corrected chi connectivity index (χ4v) is 2.39. The molecule has 0 aliphatic carbocycles. The summed E-state index contributed by atoms with van der Waals surface area (Å²) in [5, 5.41) is 0. The van der Waals surface area contributed by atoms with Crippen molar-refractivity contribution >= 4 is 0 Å². The average Bonchev–Trinajstić information content (AvgIpc) is 2.33. The van der Waals surface area contributed by atoms with Crippen LogP contribution >= 0.6 is 0 Å². The van der Waals surface area contributed by atoms with E-state index in [1.165, 1.54) is 19.4 Å². The maximum absolute atomic E-state index is 11.9. The zero-order valence-electron chi connectivity index (χ0n) is 9.22. The first-order valence-electron chi connectivity index (χ1n) is 5.23. The van der Waals surface area contributed by atoms with Crippen LogP contribution in [0.15, 0.2) is 53.8 Å². The first-order chi connectivity index (χ1) is 8.22. The molecule has 2 aromatic rings. The van der Waals surface area contributed by atoms with Gasteiger partial charge in [-0.25, -0.2) is 0 Å². The van der Waals surface area contributed by atoms with Gasteiger partial charge in [-0.05, 0) is 0 Å². The van der Waals surface area contributed by atoms with Gasteiger partial charge in [0.05, 0.1) is 0 Å². The third kappa shape index (κ3) is 2.62. The van der Waals surface area contributed by atoms with E-state index in [4.69, 9.17) is 0 Å². The van der Waals surface area contributed by atoms with Gasteiger partial charge in [-0.1, -0.05) is 0 Å². The van der Waals surface area contributed by atoms with E-state index < -0.39 is 0 Å². The quantitative estimate of drug-likeness (QED) is 0.794. The summed E-state index contributed by atoms with van der Waals surface area (Å²) in [5.41, 5.74) is 1.89. The molecule has 1 heterocycles. The molecule has 0 aliphatic rings. The molecule has 0 saturated heterocycles. The Labute approximate surface area is 110 Å². The number of hydrogen-bond donors (Lipinski definition) is 1. The number of benzene rings is 1. The van der Waals surface area contributed by atoms with Crippen molar-refractivity contribution in [3.05, 3.63) is 63.2 Å². The molecule has 1 aromatic carbocycles. The second kappa shape index (κ2) is 5.24. The van der Waals surface area contributed by atoms with Crippen LogP contribution < -0.4 is 5.69 Å². The Morgan fingerprint density at radius 3 is 2.71 bits per heavy atom. The number of nitrogens with zero attached hydrogens (tertiary/aromatic N) is 1. The van der Waals surface area contributed by atoms with E-state index in [2.05, 4.69) is 11.6 Å². The van der Waals surface area contributed by atoms with Crippen LogP contribution in [0.3, 0.4) is 0 Å². The van der Waals surface area contributed by atoms with Crippen molar-refractivity contribution in [1.82, 2.24) is 9.55 Å². The van der Waals surface area contributed by atoms with Crippen LogP contribution in [-0.2, 0) is 25.9 Å². The molecule has 4 heteroatoms. The number of aromatic nitrogens is 2. The molecule has 0 spiro atoms. The zero-order chi connectivity index (χ0) is 12.3. The molecule has 2 rings (SSSR count). The summed E-state index contributed by atoms with van der Waals surface area (Å²) in [6.07, 6.45) is 1.73. The third-order valence-electron chi connectivity index (χ3n) is 2.42. The number of rotatable bonds is 3. The van der Waals surface area contributed by atoms with Crippen molar-refractivity contribution in [2.45, 2.75) is 6.54 Å². The van der Waals surface area contributed by atoms with Crippen LogP contribution in [0.4, 0.5) is 0 Å². The molecule has 0 unspecified atom stereocenters. The summed E-state index contributed by atoms with van der Waals surface area (Å²) in [5.74, 6) is 0. The van der Waals surface area contributed by atoms with Gasteiger partial charge in [0.25, 0.3) is 0 Å². The van der Waals surface area contributed by atoms with Crippen LogP contribution in [0.1, 0.15) is 0 Å². The monoisotopic (exact) mass is 396 g/mol. The molecule has 0 amide bonds. The van der Waals surface area contributed by atoms with Gasteiger partial charge >= 0.3 is 110 Å². The fraction of sp³-hybridized carbons (Fsp3) is 0.0769. The molecule has 0 saturated carbocycles. The first-order valence-corrected chi connectivity index (χ1v) is 6.69. The average molecular weight is 396 g/mol. The summed E-state index contributed by atoms with van der Waals surface area (Å²) >= 11 is 1.25. The fourth-order valence-electron chi connectivity index (χ4n) is 1.68. The Hall–Kier alpha value is -1.47. The number of allylic oxidation sites excluding steroid dienone is 1. The Balaban J connectivity index is 2.71. The molecule has 1 N–H and O–H groups in total. The van der Waals surface area contributed by atoms with Gasteiger partial charge in [-0.3, -0.25) is 0 Å². The molecular weight excluding hydrogens is 384 g/mol. The van der Waals surface area contributed by atoms with Gasteiger partial charge in [-0.15, -0.1) is 0 Å². The van der Waals surface area contributed by atoms with Crippen molar-refractivity contribution in [1.29, 1.82) is 0 Å². The Morgan fingerprint density at radius 1 is 1.35 bits per heavy atom. The number of hydrogen-bond acceptors (Lipinski definition) is 1. The number of H-pyrrole nitrogens is 1. The van der Waals surface area contributed by atoms with Crippen LogP contribution in [0.25, 0.3) is 11.3 Å². The summed E-state index contributed by atoms with van der Waals surface area (Å²) in [7, 11) is 0. The van der Waals surface area contributed by atoms with Crippen molar-refractivity contribution in [3.63, 3.8) is 0 Å². The molecule has 3 nitrogen and oxygen atoms in total. The van der Waals surface area contributed by atoms with Crippen molar-refractivity contribution in [2.75, 3.05) is 0 Å². The molecule has 0 radical (unpaired) electrons. The predicted octanol–water partition coefficient (Wildman–Crippen LogP) is 2.11. The van der Waals surface area contributed by atoms with E-state index in [9.17, 15) is 4.79 Å². The molecule has 86 valence electrons. The van der Waals surface area contributed by atoms with Crippen LogP contribution in [-0.4, -0.2) is 9.55 Å². The van der Waals surface area contributed by atoms with Crippen molar-refractivity contribution in [2.24, 2.45) is 0 Å². The van der Waals surface area contributed by atoms with E-state index in [0.29, 0.717) is 6.54 Å². The van der Waals surface area contributed by atoms with Gasteiger partial charge in [0.15, 0.2) is 0 Å². The van der Waals surface area contributed by atoms with Crippen molar-refractivity contribution < 1.29 is 19.4 Å². The summed E-state index contributed by atoms with van der Waals surface area (Å²) in [6.45, 7) is 4.19. The minimum atomic E-state index is -0.0868. The Morgan fingerprint density at radius 2 is 2.06 bits per heavy atom. The summed E-state index contributed by atoms with van der Waals surface area (Å²) in [6, 6.07) is 11.9. The summed E-state index contributed by atoms with van der Waals surface area (Å²) in [4.78, 5) is 14.7. The maximum atomic E-state index is 11.9. The molecule has 0 fully saturated rings. The standard InChI is InChI=1S/C13H12N2O.W/c1-2-10-15-12(8-9-14-13(15)16)11-6-4-3-5-7-11;/h2-8H,1,10H2,(H,14,16);. The zero-order valence-corrected chi connectivity index (χ0v) is 12.2. The minimum absolute atomic E-state index is 0.0868. The predicted molar refractivity (Wildman–Crippen MR) is 63.9 cm³/mol. The van der Waals surface area contributed by atoms with E-state index in [0.717, 1.165) is 14.9 Å². The molecule has 17 heavy (non-hydrogen) atoms. The second-order valence-electron chi connectivity index (χ2n) is 3.59. The number of nitrogens with one attached hydrogen (secondary N) is 1. The third-order valence-corrected chi connectivity index (χ3v) is 3.21. The number of aromatic amines is 1. The van der Waals surface area contributed by atoms with Gasteiger partial charge < -0.3 is 0 Å². The van der Waals surface area contributed by atoms with E-state index in [-0.39, 0.29) is 5.69 Å². The second-order valence-corrected chi connectivity index (χ2v) is 5.17. The molecular formula is C13H12N2OW. The van der Waals surface area contributed by atoms with E-state index in [1.807, 2.05) is 36.4 Å². The van der Waals surface area contributed by atoms with E-state index >= 15 is 0 Å². The van der Waals surface area contributed by atoms with E-state index in [1.54, 1.807) is 10.6 Å². The van der Waals surface area contributed by atoms with Gasteiger partial charge in [0.2, 0.25) is 0 Å². The molecule has 0 bridgehead atoms. The van der Waals surface area contributed by atoms with Crippen molar-refractivity contribution in [3.8, 4) is 11.3 Å². The van der Waals surface area contributed by atoms with Crippen LogP contribution in [0, 0.1) is 3.67 Å². The topological polar surface area (TPSA) is 37.8 Å². The van der Waals surface area contributed by atoms with Crippen LogP contribution in [0.2, 0.25) is 0 Å². The SMILES string of the molecule is C=CCn1c(-c2ccccc2)c[c](=[W])[nH]c1=O. The Bertz CT molecular complexity index is 640. The molecule has 0 atom stereocenters. The summed E-state index contributed by atoms with van der Waals surface area (Å²) < 4.78 is 2.63. The normalized spacial score (nSPS) is 10.1. The van der Waals surface area contributed by atoms with Gasteiger partial charge in [0.1, 0.15) is 0 Å². The first kappa shape index (κ1) is 12.0. The van der Waals surface area contributed by atoms with Crippen LogP contribution in [0.5, 0.6) is 0 Å². The Kier molecular flexibility index (Phi) is 3.70. The molecule has 0 aliphatic heterocycles.